The average Bonchev–Trinajstić information content (AvgIpc) is 2.41. The molecule has 0 aliphatic carbocycles. The van der Waals surface area contributed by atoms with Crippen molar-refractivity contribution in [2.24, 2.45) is 5.73 Å². The van der Waals surface area contributed by atoms with E-state index >= 15 is 0 Å². The van der Waals surface area contributed by atoms with Crippen LogP contribution >= 0.6 is 12.2 Å². The molecule has 3 N–H and O–H groups in total. The molecule has 7 heteroatoms. The van der Waals surface area contributed by atoms with E-state index in [1.165, 1.54) is 18.3 Å². The van der Waals surface area contributed by atoms with Crippen LogP contribution in [0.1, 0.15) is 11.1 Å². The minimum absolute atomic E-state index is 0.186. The molecule has 0 unspecified atom stereocenters. The van der Waals surface area contributed by atoms with Crippen molar-refractivity contribution in [1.82, 2.24) is 4.98 Å². The lowest BCUT2D eigenvalue weighted by Crippen LogP contribution is -2.14. The van der Waals surface area contributed by atoms with Gasteiger partial charge in [-0.2, -0.15) is 0 Å². The molecule has 0 aliphatic heterocycles. The van der Waals surface area contributed by atoms with Crippen LogP contribution < -0.4 is 10.5 Å². The summed E-state index contributed by atoms with van der Waals surface area (Å²) in [5.41, 5.74) is 7.61. The van der Waals surface area contributed by atoms with Gasteiger partial charge in [-0.1, -0.05) is 24.4 Å². The minimum Gasteiger partial charge on any atom is -0.393 e. The summed E-state index contributed by atoms with van der Waals surface area (Å²) < 4.78 is 27.2. The van der Waals surface area contributed by atoms with E-state index in [2.05, 4.69) is 9.71 Å². The Bertz CT molecular complexity index is 756. The second kappa shape index (κ2) is 6.19. The number of pyridine rings is 1. The molecule has 1 aromatic carbocycles. The van der Waals surface area contributed by atoms with Crippen molar-refractivity contribution in [3.63, 3.8) is 0 Å². The highest BCUT2D eigenvalue weighted by molar-refractivity contribution is 7.92. The molecule has 0 spiro atoms. The largest absolute Gasteiger partial charge is 0.393 e. The highest BCUT2D eigenvalue weighted by atomic mass is 32.2. The lowest BCUT2D eigenvalue weighted by atomic mass is 10.1. The fourth-order valence-corrected chi connectivity index (χ4v) is 3.08. The van der Waals surface area contributed by atoms with Crippen molar-refractivity contribution in [2.75, 3.05) is 4.72 Å². The van der Waals surface area contributed by atoms with Gasteiger partial charge in [-0.15, -0.1) is 0 Å². The molecule has 2 rings (SSSR count). The van der Waals surface area contributed by atoms with Gasteiger partial charge in [-0.05, 0) is 36.2 Å². The molecule has 0 saturated carbocycles. The second-order valence-corrected chi connectivity index (χ2v) is 6.79. The summed E-state index contributed by atoms with van der Waals surface area (Å²) in [6.07, 6.45) is 3.59. The number of anilines is 1. The standard InChI is InChI=1S/C14H15N3O2S2/c1-10-9-16-7-6-13(10)17-21(18,19)12-4-2-11(3-5-12)8-14(15)20/h2-7,9H,8H2,1H3,(H2,15,20)(H,16,17). The molecule has 1 aromatic heterocycles. The summed E-state index contributed by atoms with van der Waals surface area (Å²) in [5.74, 6) is 0. The van der Waals surface area contributed by atoms with E-state index in [-0.39, 0.29) is 4.90 Å². The van der Waals surface area contributed by atoms with Crippen molar-refractivity contribution in [2.45, 2.75) is 18.2 Å². The average molecular weight is 321 g/mol. The Morgan fingerprint density at radius 3 is 2.52 bits per heavy atom. The topological polar surface area (TPSA) is 85.1 Å². The third-order valence-electron chi connectivity index (χ3n) is 2.88. The predicted octanol–water partition coefficient (Wildman–Crippen LogP) is 2.02. The van der Waals surface area contributed by atoms with Gasteiger partial charge in [0.25, 0.3) is 10.0 Å². The first-order valence-corrected chi connectivity index (χ1v) is 8.08. The van der Waals surface area contributed by atoms with Crippen LogP contribution in [0, 0.1) is 6.92 Å². The van der Waals surface area contributed by atoms with E-state index in [1.807, 2.05) is 0 Å². The molecule has 2 aromatic rings. The van der Waals surface area contributed by atoms with E-state index in [0.29, 0.717) is 17.1 Å². The molecule has 5 nitrogen and oxygen atoms in total. The lowest BCUT2D eigenvalue weighted by Gasteiger charge is -2.10. The van der Waals surface area contributed by atoms with Crippen molar-refractivity contribution in [3.8, 4) is 0 Å². The Hall–Kier alpha value is -1.99. The van der Waals surface area contributed by atoms with Crippen LogP contribution in [-0.2, 0) is 16.4 Å². The molecular formula is C14H15N3O2S2. The zero-order valence-corrected chi connectivity index (χ0v) is 13.0. The molecule has 0 fully saturated rings. The van der Waals surface area contributed by atoms with Crippen LogP contribution in [0.15, 0.2) is 47.6 Å². The Morgan fingerprint density at radius 2 is 1.95 bits per heavy atom. The highest BCUT2D eigenvalue weighted by Gasteiger charge is 2.15. The quantitative estimate of drug-likeness (QED) is 0.823. The SMILES string of the molecule is Cc1cnccc1NS(=O)(=O)c1ccc(CC(N)=S)cc1. The number of nitrogens with two attached hydrogens (primary N) is 1. The third kappa shape index (κ3) is 3.99. The number of sulfonamides is 1. The summed E-state index contributed by atoms with van der Waals surface area (Å²) in [4.78, 5) is 4.48. The van der Waals surface area contributed by atoms with Crippen molar-refractivity contribution in [3.05, 3.63) is 53.9 Å². The van der Waals surface area contributed by atoms with Crippen LogP contribution in [0.25, 0.3) is 0 Å². The first-order valence-electron chi connectivity index (χ1n) is 6.19. The summed E-state index contributed by atoms with van der Waals surface area (Å²) in [7, 11) is -3.62. The molecule has 110 valence electrons. The number of nitrogens with one attached hydrogen (secondary N) is 1. The Balaban J connectivity index is 2.24. The van der Waals surface area contributed by atoms with Crippen LogP contribution in [-0.4, -0.2) is 18.4 Å². The van der Waals surface area contributed by atoms with Crippen LogP contribution in [0.4, 0.5) is 5.69 Å². The van der Waals surface area contributed by atoms with Crippen LogP contribution in [0.2, 0.25) is 0 Å². The number of aromatic nitrogens is 1. The number of benzene rings is 1. The molecule has 21 heavy (non-hydrogen) atoms. The maximum absolute atomic E-state index is 12.3. The van der Waals surface area contributed by atoms with Crippen molar-refractivity contribution < 1.29 is 8.42 Å². The van der Waals surface area contributed by atoms with E-state index in [9.17, 15) is 8.42 Å². The smallest absolute Gasteiger partial charge is 0.261 e. The number of hydrogen-bond donors (Lipinski definition) is 2. The van der Waals surface area contributed by atoms with Crippen LogP contribution in [0.5, 0.6) is 0 Å². The van der Waals surface area contributed by atoms with Gasteiger partial charge in [0.05, 0.1) is 15.6 Å². The Labute approximate surface area is 129 Å². The molecule has 0 amide bonds. The minimum atomic E-state index is -3.62. The zero-order valence-electron chi connectivity index (χ0n) is 11.4. The number of hydrogen-bond acceptors (Lipinski definition) is 4. The Kier molecular flexibility index (Phi) is 4.54. The molecule has 1 heterocycles. The van der Waals surface area contributed by atoms with Gasteiger partial charge >= 0.3 is 0 Å². The molecule has 0 saturated heterocycles. The monoisotopic (exact) mass is 321 g/mol. The van der Waals surface area contributed by atoms with Gasteiger partial charge in [0, 0.05) is 18.8 Å². The van der Waals surface area contributed by atoms with Gasteiger partial charge in [-0.25, -0.2) is 8.42 Å². The fraction of sp³-hybridized carbons (Fsp3) is 0.143. The van der Waals surface area contributed by atoms with Gasteiger partial charge in [0.1, 0.15) is 0 Å². The third-order valence-corrected chi connectivity index (χ3v) is 4.40. The maximum atomic E-state index is 12.3. The van der Waals surface area contributed by atoms with Gasteiger partial charge in [0.15, 0.2) is 0 Å². The van der Waals surface area contributed by atoms with Crippen molar-refractivity contribution in [1.29, 1.82) is 0 Å². The summed E-state index contributed by atoms with van der Waals surface area (Å²) in [6.45, 7) is 1.79. The van der Waals surface area contributed by atoms with E-state index in [4.69, 9.17) is 18.0 Å². The molecule has 0 atom stereocenters. The summed E-state index contributed by atoms with van der Waals surface area (Å²) in [6, 6.07) is 8.09. The Morgan fingerprint density at radius 1 is 1.29 bits per heavy atom. The van der Waals surface area contributed by atoms with Gasteiger partial charge in [-0.3, -0.25) is 9.71 Å². The molecule has 0 radical (unpaired) electrons. The van der Waals surface area contributed by atoms with Gasteiger partial charge < -0.3 is 5.73 Å². The summed E-state index contributed by atoms with van der Waals surface area (Å²) >= 11 is 4.83. The fourth-order valence-electron chi connectivity index (χ4n) is 1.78. The number of aryl methyl sites for hydroxylation is 1. The van der Waals surface area contributed by atoms with Crippen LogP contribution in [0.3, 0.4) is 0 Å². The molecule has 0 bridgehead atoms. The number of thiocarbonyl (C=S) groups is 1. The summed E-state index contributed by atoms with van der Waals surface area (Å²) in [5, 5.41) is 0. The molecular weight excluding hydrogens is 306 g/mol. The lowest BCUT2D eigenvalue weighted by molar-refractivity contribution is 0.601. The van der Waals surface area contributed by atoms with E-state index in [1.54, 1.807) is 31.3 Å². The first-order chi connectivity index (χ1) is 9.88. The van der Waals surface area contributed by atoms with E-state index in [0.717, 1.165) is 11.1 Å². The molecule has 0 aliphatic rings. The van der Waals surface area contributed by atoms with Crippen molar-refractivity contribution >= 4 is 32.9 Å². The van der Waals surface area contributed by atoms with Gasteiger partial charge in [0.2, 0.25) is 0 Å². The zero-order chi connectivity index (χ0) is 15.5. The number of rotatable bonds is 5. The predicted molar refractivity (Wildman–Crippen MR) is 86.7 cm³/mol. The number of nitrogens with zero attached hydrogens (tertiary/aromatic N) is 1. The second-order valence-electron chi connectivity index (χ2n) is 4.58. The maximum Gasteiger partial charge on any atom is 0.261 e. The first kappa shape index (κ1) is 15.4. The highest BCUT2D eigenvalue weighted by Crippen LogP contribution is 2.19. The van der Waals surface area contributed by atoms with E-state index < -0.39 is 10.0 Å². The normalized spacial score (nSPS) is 11.1.